The van der Waals surface area contributed by atoms with Crippen molar-refractivity contribution < 1.29 is 14.3 Å². The van der Waals surface area contributed by atoms with Gasteiger partial charge in [-0.1, -0.05) is 13.3 Å². The molecule has 1 amide bonds. The molecule has 1 rings (SSSR count). The smallest absolute Gasteiger partial charge is 0.407 e. The molecule has 3 N–H and O–H groups in total. The quantitative estimate of drug-likeness (QED) is 0.738. The molecule has 1 aliphatic rings. The highest BCUT2D eigenvalue weighted by Crippen LogP contribution is 2.18. The first kappa shape index (κ1) is 18.1. The third-order valence-electron chi connectivity index (χ3n) is 2.88. The van der Waals surface area contributed by atoms with Gasteiger partial charge in [-0.3, -0.25) is 0 Å². The maximum absolute atomic E-state index is 11.7. The summed E-state index contributed by atoms with van der Waals surface area (Å²) in [5.74, 6) is 0.867. The number of amides is 1. The molecule has 5 nitrogen and oxygen atoms in total. The van der Waals surface area contributed by atoms with E-state index >= 15 is 0 Å². The van der Waals surface area contributed by atoms with Gasteiger partial charge in [0.05, 0.1) is 6.61 Å². The van der Waals surface area contributed by atoms with Crippen molar-refractivity contribution >= 4 is 6.09 Å². The number of ether oxygens (including phenoxy) is 2. The number of carbonyl (C=O) groups excluding carboxylic acids is 1. The molecule has 0 fully saturated rings. The Morgan fingerprint density at radius 3 is 2.73 bits per heavy atom. The van der Waals surface area contributed by atoms with Crippen molar-refractivity contribution in [3.63, 3.8) is 0 Å². The lowest BCUT2D eigenvalue weighted by Crippen LogP contribution is -2.33. The number of nitrogens with two attached hydrogens (primary N) is 1. The van der Waals surface area contributed by atoms with Crippen LogP contribution in [0.3, 0.4) is 0 Å². The molecule has 22 heavy (non-hydrogen) atoms. The van der Waals surface area contributed by atoms with Gasteiger partial charge in [0.15, 0.2) is 0 Å². The van der Waals surface area contributed by atoms with Crippen LogP contribution < -0.4 is 11.1 Å². The summed E-state index contributed by atoms with van der Waals surface area (Å²) in [6.45, 7) is 8.71. The van der Waals surface area contributed by atoms with Crippen LogP contribution in [0.15, 0.2) is 35.3 Å². The van der Waals surface area contributed by atoms with Crippen LogP contribution in [-0.4, -0.2) is 24.8 Å². The van der Waals surface area contributed by atoms with E-state index in [1.54, 1.807) is 0 Å². The van der Waals surface area contributed by atoms with Gasteiger partial charge in [-0.15, -0.1) is 0 Å². The highest BCUT2D eigenvalue weighted by atomic mass is 16.6. The Bertz CT molecular complexity index is 471. The molecule has 0 saturated heterocycles. The molecule has 0 unspecified atom stereocenters. The van der Waals surface area contributed by atoms with Gasteiger partial charge in [-0.2, -0.15) is 0 Å². The number of alkyl carbamates (subject to hydrolysis) is 1. The largest absolute Gasteiger partial charge is 0.498 e. The van der Waals surface area contributed by atoms with Crippen molar-refractivity contribution in [2.75, 3.05) is 13.2 Å². The average molecular weight is 308 g/mol. The Labute approximate surface area is 133 Å². The monoisotopic (exact) mass is 308 g/mol. The molecule has 124 valence electrons. The molecule has 0 aliphatic heterocycles. The molecule has 0 spiro atoms. The SMILES string of the molecule is CCCCOC1=CC=C(N)C=C(CNC(=O)OC(C)(C)C)C1. The summed E-state index contributed by atoms with van der Waals surface area (Å²) < 4.78 is 11.0. The Balaban J connectivity index is 2.54. The van der Waals surface area contributed by atoms with Gasteiger partial charge in [0.25, 0.3) is 0 Å². The second-order valence-corrected chi connectivity index (χ2v) is 6.34. The number of rotatable bonds is 6. The maximum Gasteiger partial charge on any atom is 0.407 e. The third-order valence-corrected chi connectivity index (χ3v) is 2.88. The van der Waals surface area contributed by atoms with E-state index in [-0.39, 0.29) is 0 Å². The number of carbonyl (C=O) groups is 1. The van der Waals surface area contributed by atoms with Gasteiger partial charge in [-0.25, -0.2) is 4.79 Å². The van der Waals surface area contributed by atoms with Crippen LogP contribution in [0.4, 0.5) is 4.79 Å². The van der Waals surface area contributed by atoms with E-state index in [1.807, 2.05) is 39.0 Å². The van der Waals surface area contributed by atoms with Gasteiger partial charge >= 0.3 is 6.09 Å². The lowest BCUT2D eigenvalue weighted by atomic mass is 10.1. The van der Waals surface area contributed by atoms with Gasteiger partial charge in [0, 0.05) is 18.7 Å². The second-order valence-electron chi connectivity index (χ2n) is 6.34. The first-order chi connectivity index (χ1) is 10.3. The zero-order chi connectivity index (χ0) is 16.6. The Kier molecular flexibility index (Phi) is 7.02. The summed E-state index contributed by atoms with van der Waals surface area (Å²) in [6, 6.07) is 0. The van der Waals surface area contributed by atoms with E-state index in [0.717, 1.165) is 24.2 Å². The van der Waals surface area contributed by atoms with E-state index in [2.05, 4.69) is 12.2 Å². The molecule has 0 heterocycles. The molecule has 0 aromatic carbocycles. The lowest BCUT2D eigenvalue weighted by Gasteiger charge is -2.20. The summed E-state index contributed by atoms with van der Waals surface area (Å²) in [4.78, 5) is 11.7. The molecule has 1 aliphatic carbocycles. The number of nitrogens with one attached hydrogen (secondary N) is 1. The maximum atomic E-state index is 11.7. The minimum absolute atomic E-state index is 0.387. The predicted molar refractivity (Wildman–Crippen MR) is 88.2 cm³/mol. The molecule has 0 atom stereocenters. The highest BCUT2D eigenvalue weighted by molar-refractivity contribution is 5.68. The summed E-state index contributed by atoms with van der Waals surface area (Å²) in [7, 11) is 0. The highest BCUT2D eigenvalue weighted by Gasteiger charge is 2.16. The van der Waals surface area contributed by atoms with Crippen LogP contribution in [0, 0.1) is 0 Å². The summed E-state index contributed by atoms with van der Waals surface area (Å²) >= 11 is 0. The van der Waals surface area contributed by atoms with Crippen LogP contribution in [0.2, 0.25) is 0 Å². The first-order valence-electron chi connectivity index (χ1n) is 7.75. The fourth-order valence-corrected chi connectivity index (χ4v) is 1.87. The molecule has 0 aromatic heterocycles. The van der Waals surface area contributed by atoms with E-state index in [0.29, 0.717) is 25.3 Å². The minimum atomic E-state index is -0.505. The fourth-order valence-electron chi connectivity index (χ4n) is 1.87. The van der Waals surface area contributed by atoms with Crippen molar-refractivity contribution in [1.82, 2.24) is 5.32 Å². The third kappa shape index (κ3) is 7.76. The molecular formula is C17H28N2O3. The summed E-state index contributed by atoms with van der Waals surface area (Å²) in [5, 5.41) is 2.75. The van der Waals surface area contributed by atoms with E-state index in [9.17, 15) is 4.79 Å². The normalized spacial score (nSPS) is 15.2. The van der Waals surface area contributed by atoms with Crippen LogP contribution >= 0.6 is 0 Å². The van der Waals surface area contributed by atoms with Crippen molar-refractivity contribution in [3.05, 3.63) is 35.3 Å². The summed E-state index contributed by atoms with van der Waals surface area (Å²) in [5.41, 5.74) is 7.02. The van der Waals surface area contributed by atoms with Crippen molar-refractivity contribution in [3.8, 4) is 0 Å². The molecule has 5 heteroatoms. The predicted octanol–water partition coefficient (Wildman–Crippen LogP) is 3.38. The van der Waals surface area contributed by atoms with Crippen LogP contribution in [-0.2, 0) is 9.47 Å². The van der Waals surface area contributed by atoms with Crippen molar-refractivity contribution in [2.24, 2.45) is 5.73 Å². The van der Waals surface area contributed by atoms with Gasteiger partial charge in [0.1, 0.15) is 11.4 Å². The molecule has 0 bridgehead atoms. The van der Waals surface area contributed by atoms with E-state index in [4.69, 9.17) is 15.2 Å². The minimum Gasteiger partial charge on any atom is -0.498 e. The number of allylic oxidation sites excluding steroid dienone is 4. The first-order valence-corrected chi connectivity index (χ1v) is 7.75. The van der Waals surface area contributed by atoms with Crippen molar-refractivity contribution in [2.45, 2.75) is 52.6 Å². The number of hydrogen-bond acceptors (Lipinski definition) is 4. The van der Waals surface area contributed by atoms with E-state index in [1.165, 1.54) is 0 Å². The lowest BCUT2D eigenvalue weighted by molar-refractivity contribution is 0.0532. The number of unbranched alkanes of at least 4 members (excludes halogenated alkanes) is 1. The zero-order valence-electron chi connectivity index (χ0n) is 14.1. The molecular weight excluding hydrogens is 280 g/mol. The van der Waals surface area contributed by atoms with Crippen LogP contribution in [0.25, 0.3) is 0 Å². The molecule has 0 saturated carbocycles. The zero-order valence-corrected chi connectivity index (χ0v) is 14.1. The van der Waals surface area contributed by atoms with Gasteiger partial charge in [-0.05, 0) is 51.0 Å². The summed E-state index contributed by atoms with van der Waals surface area (Å²) in [6.07, 6.45) is 7.89. The van der Waals surface area contributed by atoms with Gasteiger partial charge in [0.2, 0.25) is 0 Å². The second kappa shape index (κ2) is 8.51. The van der Waals surface area contributed by atoms with E-state index < -0.39 is 11.7 Å². The topological polar surface area (TPSA) is 73.6 Å². The Morgan fingerprint density at radius 2 is 2.09 bits per heavy atom. The van der Waals surface area contributed by atoms with Crippen LogP contribution in [0.1, 0.15) is 47.0 Å². The average Bonchev–Trinajstić information content (AvgIpc) is 2.57. The van der Waals surface area contributed by atoms with Crippen molar-refractivity contribution in [1.29, 1.82) is 0 Å². The van der Waals surface area contributed by atoms with Gasteiger partial charge < -0.3 is 20.5 Å². The standard InChI is InChI=1S/C17H28N2O3/c1-5-6-9-21-15-8-7-14(18)10-13(11-15)12-19-16(20)22-17(2,3)4/h7-8,10H,5-6,9,11-12,18H2,1-4H3,(H,19,20). The molecule has 0 aromatic rings. The molecule has 0 radical (unpaired) electrons. The number of hydrogen-bond donors (Lipinski definition) is 2. The Morgan fingerprint density at radius 1 is 1.36 bits per heavy atom. The van der Waals surface area contributed by atoms with Crippen LogP contribution in [0.5, 0.6) is 0 Å². The fraction of sp³-hybridized carbons (Fsp3) is 0.588. The Hall–Kier alpha value is -1.91.